The number of aliphatic hydroxyl groups excluding tert-OH is 1. The van der Waals surface area contributed by atoms with Crippen molar-refractivity contribution < 1.29 is 24.2 Å². The monoisotopic (exact) mass is 881 g/mol. The van der Waals surface area contributed by atoms with Crippen molar-refractivity contribution in [1.82, 2.24) is 0 Å². The van der Waals surface area contributed by atoms with E-state index >= 15 is 0 Å². The molecule has 0 fully saturated rings. The predicted octanol–water partition coefficient (Wildman–Crippen LogP) is 18.2. The molecule has 5 heteroatoms. The van der Waals surface area contributed by atoms with Gasteiger partial charge in [0, 0.05) is 12.8 Å². The largest absolute Gasteiger partial charge is 0.462 e. The summed E-state index contributed by atoms with van der Waals surface area (Å²) in [5.74, 6) is -0.620. The van der Waals surface area contributed by atoms with E-state index in [1.807, 2.05) is 0 Å². The lowest BCUT2D eigenvalue weighted by Crippen LogP contribution is -2.28. The van der Waals surface area contributed by atoms with Gasteiger partial charge in [0.2, 0.25) is 0 Å². The van der Waals surface area contributed by atoms with Crippen molar-refractivity contribution in [2.24, 2.45) is 0 Å². The fraction of sp³-hybridized carbons (Fsp3) is 0.793. The second kappa shape index (κ2) is 53.9. The molecule has 63 heavy (non-hydrogen) atoms. The molecule has 0 radical (unpaired) electrons. The van der Waals surface area contributed by atoms with Crippen LogP contribution >= 0.6 is 0 Å². The number of allylic oxidation sites excluding steroid dienone is 10. The van der Waals surface area contributed by atoms with Crippen molar-refractivity contribution in [3.63, 3.8) is 0 Å². The van der Waals surface area contributed by atoms with E-state index in [1.165, 1.54) is 173 Å². The first-order chi connectivity index (χ1) is 31.1. The smallest absolute Gasteiger partial charge is 0.306 e. The summed E-state index contributed by atoms with van der Waals surface area (Å²) in [6.07, 6.45) is 72.0. The molecule has 0 aliphatic carbocycles. The van der Waals surface area contributed by atoms with Crippen molar-refractivity contribution >= 4 is 11.9 Å². The van der Waals surface area contributed by atoms with E-state index in [9.17, 15) is 14.7 Å². The molecule has 0 aliphatic heterocycles. The number of ether oxygens (including phenoxy) is 2. The molecule has 1 N–H and O–H groups in total. The fourth-order valence-electron chi connectivity index (χ4n) is 8.00. The fourth-order valence-corrected chi connectivity index (χ4v) is 8.00. The maximum absolute atomic E-state index is 12.2. The summed E-state index contributed by atoms with van der Waals surface area (Å²) in [5.41, 5.74) is 0. The van der Waals surface area contributed by atoms with E-state index in [1.54, 1.807) is 0 Å². The Balaban J connectivity index is 3.47. The summed E-state index contributed by atoms with van der Waals surface area (Å²) in [4.78, 5) is 24.5. The Labute approximate surface area is 391 Å². The van der Waals surface area contributed by atoms with Gasteiger partial charge in [0.05, 0.1) is 6.61 Å². The van der Waals surface area contributed by atoms with Crippen LogP contribution in [0.15, 0.2) is 60.8 Å². The van der Waals surface area contributed by atoms with Gasteiger partial charge in [0.25, 0.3) is 0 Å². The summed E-state index contributed by atoms with van der Waals surface area (Å²) in [5, 5.41) is 9.63. The predicted molar refractivity (Wildman–Crippen MR) is 274 cm³/mol. The molecule has 0 aromatic carbocycles. The average molecular weight is 881 g/mol. The molecule has 0 aromatic rings. The number of aliphatic hydroxyl groups is 1. The van der Waals surface area contributed by atoms with Crippen LogP contribution in [0.25, 0.3) is 0 Å². The Morgan fingerprint density at radius 2 is 0.683 bits per heavy atom. The van der Waals surface area contributed by atoms with E-state index in [-0.39, 0.29) is 25.2 Å². The zero-order valence-electron chi connectivity index (χ0n) is 41.8. The summed E-state index contributed by atoms with van der Waals surface area (Å²) < 4.78 is 10.7. The van der Waals surface area contributed by atoms with Gasteiger partial charge in [0.15, 0.2) is 6.10 Å². The molecule has 0 saturated carbocycles. The zero-order chi connectivity index (χ0) is 45.6. The van der Waals surface area contributed by atoms with Crippen molar-refractivity contribution in [1.29, 1.82) is 0 Å². The van der Waals surface area contributed by atoms with Gasteiger partial charge in [0.1, 0.15) is 6.61 Å². The molecule has 0 aliphatic rings. The second-order valence-corrected chi connectivity index (χ2v) is 18.3. The highest BCUT2D eigenvalue weighted by atomic mass is 16.6. The van der Waals surface area contributed by atoms with Crippen LogP contribution in [-0.2, 0) is 19.1 Å². The molecule has 5 nitrogen and oxygen atoms in total. The SMILES string of the molecule is CC/C=C\C/C=C\C/C=C\C/C=C\C/C=C\CCCCCC(=O)OC(CO)COC(=O)CCCCCCCCCCCCCCCCCCCCCCCCCCCCCCCC. The van der Waals surface area contributed by atoms with E-state index in [0.717, 1.165) is 77.0 Å². The molecule has 366 valence electrons. The molecule has 0 heterocycles. The summed E-state index contributed by atoms with van der Waals surface area (Å²) >= 11 is 0. The van der Waals surface area contributed by atoms with Gasteiger partial charge in [-0.3, -0.25) is 9.59 Å². The Kier molecular flexibility index (Phi) is 51.9. The van der Waals surface area contributed by atoms with Gasteiger partial charge in [-0.1, -0.05) is 267 Å². The minimum Gasteiger partial charge on any atom is -0.462 e. The van der Waals surface area contributed by atoms with Crippen molar-refractivity contribution in [3.05, 3.63) is 60.8 Å². The first kappa shape index (κ1) is 60.6. The number of unbranched alkanes of at least 4 members (excludes halogenated alkanes) is 32. The van der Waals surface area contributed by atoms with Crippen LogP contribution in [0.5, 0.6) is 0 Å². The number of hydrogen-bond donors (Lipinski definition) is 1. The highest BCUT2D eigenvalue weighted by molar-refractivity contribution is 5.70. The van der Waals surface area contributed by atoms with Crippen molar-refractivity contribution in [3.8, 4) is 0 Å². The first-order valence-corrected chi connectivity index (χ1v) is 27.3. The average Bonchev–Trinajstić information content (AvgIpc) is 3.29. The summed E-state index contributed by atoms with van der Waals surface area (Å²) in [6.45, 7) is 4.03. The molecular formula is C58H104O5. The topological polar surface area (TPSA) is 72.8 Å². The highest BCUT2D eigenvalue weighted by Crippen LogP contribution is 2.17. The van der Waals surface area contributed by atoms with Crippen LogP contribution in [0.3, 0.4) is 0 Å². The molecule has 0 saturated heterocycles. The van der Waals surface area contributed by atoms with E-state index in [2.05, 4.69) is 74.6 Å². The quantitative estimate of drug-likeness (QED) is 0.0374. The molecule has 0 aromatic heterocycles. The third-order valence-electron chi connectivity index (χ3n) is 12.1. The summed E-state index contributed by atoms with van der Waals surface area (Å²) in [6, 6.07) is 0. The maximum Gasteiger partial charge on any atom is 0.306 e. The standard InChI is InChI=1S/C58H104O5/c1-3-5-7-9-11-13-15-17-19-21-23-24-25-26-27-28-29-30-31-32-33-35-36-38-40-42-44-46-48-50-52-57(60)62-55-56(54-59)63-58(61)53-51-49-47-45-43-41-39-37-34-22-20-18-16-14-12-10-8-6-4-2/h6,8,12,14,18,20,34,37,41,43,56,59H,3-5,7,9-11,13,15-17,19,21-33,35-36,38-40,42,44-55H2,1-2H3/b8-6-,14-12-,20-18-,37-34-,43-41-. The number of hydrogen-bond acceptors (Lipinski definition) is 5. The van der Waals surface area contributed by atoms with Crippen LogP contribution in [0, 0.1) is 0 Å². The van der Waals surface area contributed by atoms with Gasteiger partial charge in [-0.2, -0.15) is 0 Å². The Bertz CT molecular complexity index is 1090. The van der Waals surface area contributed by atoms with Gasteiger partial charge in [-0.05, 0) is 57.8 Å². The minimum absolute atomic E-state index is 0.0786. The van der Waals surface area contributed by atoms with Crippen LogP contribution in [-0.4, -0.2) is 36.4 Å². The van der Waals surface area contributed by atoms with Crippen LogP contribution < -0.4 is 0 Å². The lowest BCUT2D eigenvalue weighted by atomic mass is 10.0. The zero-order valence-corrected chi connectivity index (χ0v) is 41.8. The van der Waals surface area contributed by atoms with Crippen molar-refractivity contribution in [2.45, 2.75) is 283 Å². The lowest BCUT2D eigenvalue weighted by Gasteiger charge is -2.15. The third-order valence-corrected chi connectivity index (χ3v) is 12.1. The van der Waals surface area contributed by atoms with Crippen molar-refractivity contribution in [2.75, 3.05) is 13.2 Å². The Hall–Kier alpha value is -2.40. The van der Waals surface area contributed by atoms with Gasteiger partial charge in [-0.25, -0.2) is 0 Å². The first-order valence-electron chi connectivity index (χ1n) is 27.3. The van der Waals surface area contributed by atoms with Gasteiger partial charge >= 0.3 is 11.9 Å². The van der Waals surface area contributed by atoms with Gasteiger partial charge in [-0.15, -0.1) is 0 Å². The molecule has 1 atom stereocenters. The summed E-state index contributed by atoms with van der Waals surface area (Å²) in [7, 11) is 0. The number of rotatable bonds is 50. The van der Waals surface area contributed by atoms with Crippen LogP contribution in [0.1, 0.15) is 277 Å². The van der Waals surface area contributed by atoms with E-state index in [4.69, 9.17) is 9.47 Å². The minimum atomic E-state index is -0.791. The van der Waals surface area contributed by atoms with Crippen LogP contribution in [0.2, 0.25) is 0 Å². The number of carbonyl (C=O) groups is 2. The Morgan fingerprint density at radius 1 is 0.381 bits per heavy atom. The molecule has 0 amide bonds. The van der Waals surface area contributed by atoms with Crippen LogP contribution in [0.4, 0.5) is 0 Å². The lowest BCUT2D eigenvalue weighted by molar-refractivity contribution is -0.161. The molecular weight excluding hydrogens is 777 g/mol. The normalized spacial score (nSPS) is 12.6. The van der Waals surface area contributed by atoms with E-state index in [0.29, 0.717) is 12.8 Å². The third kappa shape index (κ3) is 52.1. The van der Waals surface area contributed by atoms with E-state index < -0.39 is 6.10 Å². The Morgan fingerprint density at radius 3 is 1.03 bits per heavy atom. The maximum atomic E-state index is 12.2. The molecule has 1 unspecified atom stereocenters. The second-order valence-electron chi connectivity index (χ2n) is 18.3. The number of esters is 2. The molecule has 0 spiro atoms. The highest BCUT2D eigenvalue weighted by Gasteiger charge is 2.16. The van der Waals surface area contributed by atoms with Gasteiger partial charge < -0.3 is 14.6 Å². The number of carbonyl (C=O) groups excluding carboxylic acids is 2. The molecule has 0 bridgehead atoms. The molecule has 0 rings (SSSR count).